The molecule has 1 amide bonds. The number of anilines is 5. The number of carbonyl (C=O) groups is 1. The molecular formula is C37H46F2N8O3. The van der Waals surface area contributed by atoms with Gasteiger partial charge in [-0.15, -0.1) is 0 Å². The van der Waals surface area contributed by atoms with Crippen molar-refractivity contribution in [2.75, 3.05) is 60.5 Å². The number of hydrogen-bond donors (Lipinski definition) is 2. The smallest absolute Gasteiger partial charge is 0.247 e. The predicted octanol–water partition coefficient (Wildman–Crippen LogP) is 6.04. The Hall–Kier alpha value is -4.33. The number of nitrogens with one attached hydrogen (secondary N) is 2. The maximum Gasteiger partial charge on any atom is 0.247 e. The van der Waals surface area contributed by atoms with Gasteiger partial charge < -0.3 is 20.3 Å². The lowest BCUT2D eigenvalue weighted by atomic mass is 9.97. The normalized spacial score (nSPS) is 23.6. The van der Waals surface area contributed by atoms with Crippen molar-refractivity contribution in [1.82, 2.24) is 19.8 Å². The standard InChI is InChI=1S/C37H46F2N8O3/c1-5-37(48)43-30-17-31(42-35-19-36(41-22-40-35)47-32(10-13-50-47)25-14-26(38)16-27(39)15-25)34(49-4)18-33(30)44-11-8-29(9-12-44)46-21-23(2)45(20-24(46)3)28-6-7-28/h5,14-19,22-24,28-29,32H,1,6-13,20-21H2,2-4H3,(H,43,48)(H,40,41,42)/t23-,24-,32?/m0/s1. The third-order valence-corrected chi connectivity index (χ3v) is 10.4. The van der Waals surface area contributed by atoms with E-state index in [0.29, 0.717) is 65.5 Å². The Kier molecular flexibility index (Phi) is 9.89. The van der Waals surface area contributed by atoms with E-state index in [1.54, 1.807) is 18.2 Å². The molecule has 3 aromatic rings. The van der Waals surface area contributed by atoms with Crippen molar-refractivity contribution in [3.05, 3.63) is 72.6 Å². The molecule has 266 valence electrons. The summed E-state index contributed by atoms with van der Waals surface area (Å²) in [6, 6.07) is 10.9. The minimum Gasteiger partial charge on any atom is -0.494 e. The maximum absolute atomic E-state index is 14.0. The Morgan fingerprint density at radius 2 is 1.60 bits per heavy atom. The van der Waals surface area contributed by atoms with Crippen molar-refractivity contribution in [3.63, 3.8) is 0 Å². The summed E-state index contributed by atoms with van der Waals surface area (Å²) >= 11 is 0. The van der Waals surface area contributed by atoms with Crippen molar-refractivity contribution in [3.8, 4) is 5.75 Å². The summed E-state index contributed by atoms with van der Waals surface area (Å²) in [4.78, 5) is 35.0. The number of ether oxygens (including phenoxy) is 1. The van der Waals surface area contributed by atoms with Gasteiger partial charge in [0.15, 0.2) is 5.82 Å². The first kappa shape index (κ1) is 34.1. The average molecular weight is 689 g/mol. The molecule has 4 heterocycles. The number of benzene rings is 2. The van der Waals surface area contributed by atoms with Crippen molar-refractivity contribution >= 4 is 34.6 Å². The van der Waals surface area contributed by atoms with E-state index in [1.807, 2.05) is 12.1 Å². The summed E-state index contributed by atoms with van der Waals surface area (Å²) in [5, 5.41) is 7.86. The van der Waals surface area contributed by atoms with E-state index in [0.717, 1.165) is 56.8 Å². The molecule has 11 nitrogen and oxygen atoms in total. The Morgan fingerprint density at radius 3 is 2.24 bits per heavy atom. The molecule has 3 saturated heterocycles. The third-order valence-electron chi connectivity index (χ3n) is 10.4. The highest BCUT2D eigenvalue weighted by Crippen LogP contribution is 2.41. The van der Waals surface area contributed by atoms with Crippen LogP contribution in [-0.2, 0) is 9.63 Å². The lowest BCUT2D eigenvalue weighted by molar-refractivity contribution is -0.111. The van der Waals surface area contributed by atoms with Crippen LogP contribution in [0.5, 0.6) is 5.75 Å². The summed E-state index contributed by atoms with van der Waals surface area (Å²) in [5.41, 5.74) is 2.54. The van der Waals surface area contributed by atoms with E-state index in [1.165, 1.54) is 37.4 Å². The van der Waals surface area contributed by atoms with Crippen LogP contribution in [0.25, 0.3) is 0 Å². The first-order valence-corrected chi connectivity index (χ1v) is 17.6. The fraction of sp³-hybridized carbons (Fsp3) is 0.486. The number of amides is 1. The van der Waals surface area contributed by atoms with Gasteiger partial charge in [-0.3, -0.25) is 19.4 Å². The number of nitrogens with zero attached hydrogens (tertiary/aromatic N) is 6. The molecule has 0 radical (unpaired) electrons. The average Bonchev–Trinajstić information content (AvgIpc) is 3.83. The summed E-state index contributed by atoms with van der Waals surface area (Å²) < 4.78 is 33.9. The molecule has 4 aliphatic rings. The molecule has 1 aliphatic carbocycles. The summed E-state index contributed by atoms with van der Waals surface area (Å²) in [6.45, 7) is 12.7. The lowest BCUT2D eigenvalue weighted by Gasteiger charge is -2.49. The number of hydrogen-bond acceptors (Lipinski definition) is 10. The Labute approximate surface area is 292 Å². The molecular weight excluding hydrogens is 642 g/mol. The molecule has 13 heteroatoms. The monoisotopic (exact) mass is 688 g/mol. The third kappa shape index (κ3) is 7.26. The second-order valence-corrected chi connectivity index (χ2v) is 13.9. The van der Waals surface area contributed by atoms with Gasteiger partial charge in [-0.1, -0.05) is 6.58 Å². The molecule has 4 fully saturated rings. The number of carbonyl (C=O) groups excluding carboxylic acids is 1. The maximum atomic E-state index is 14.0. The molecule has 0 spiro atoms. The molecule has 2 aromatic carbocycles. The number of piperidine rings is 1. The number of aromatic nitrogens is 2. The molecule has 2 N–H and O–H groups in total. The SMILES string of the molecule is C=CC(=O)Nc1cc(Nc2cc(N3OCCC3c3cc(F)cc(F)c3)ncn2)c(OC)cc1N1CCC(N2C[C@H](C)N(C3CC3)C[C@@H]2C)CC1. The fourth-order valence-corrected chi connectivity index (χ4v) is 7.86. The molecule has 7 rings (SSSR count). The predicted molar refractivity (Wildman–Crippen MR) is 190 cm³/mol. The van der Waals surface area contributed by atoms with Crippen LogP contribution in [0, 0.1) is 11.6 Å². The first-order valence-electron chi connectivity index (χ1n) is 17.6. The summed E-state index contributed by atoms with van der Waals surface area (Å²) in [6.07, 6.45) is 7.92. The summed E-state index contributed by atoms with van der Waals surface area (Å²) in [5.74, 6) is -0.184. The fourth-order valence-electron chi connectivity index (χ4n) is 7.86. The van der Waals surface area contributed by atoms with Crippen molar-refractivity contribution in [2.24, 2.45) is 0 Å². The van der Waals surface area contributed by atoms with Gasteiger partial charge in [-0.2, -0.15) is 0 Å². The molecule has 1 unspecified atom stereocenters. The van der Waals surface area contributed by atoms with Crippen LogP contribution >= 0.6 is 0 Å². The Bertz CT molecular complexity index is 1700. The van der Waals surface area contributed by atoms with E-state index < -0.39 is 17.7 Å². The lowest BCUT2D eigenvalue weighted by Crippen LogP contribution is -2.61. The number of halogens is 2. The first-order chi connectivity index (χ1) is 24.2. The van der Waals surface area contributed by atoms with E-state index in [9.17, 15) is 13.6 Å². The molecule has 0 bridgehead atoms. The van der Waals surface area contributed by atoms with Gasteiger partial charge in [0.05, 0.1) is 36.8 Å². The second-order valence-electron chi connectivity index (χ2n) is 13.9. The van der Waals surface area contributed by atoms with Crippen LogP contribution in [0.2, 0.25) is 0 Å². The van der Waals surface area contributed by atoms with E-state index in [4.69, 9.17) is 9.57 Å². The highest BCUT2D eigenvalue weighted by molar-refractivity contribution is 6.02. The number of methoxy groups -OCH3 is 1. The van der Waals surface area contributed by atoms with Gasteiger partial charge in [0.1, 0.15) is 29.5 Å². The van der Waals surface area contributed by atoms with Crippen LogP contribution in [-0.4, -0.2) is 89.7 Å². The van der Waals surface area contributed by atoms with Crippen LogP contribution in [0.15, 0.2) is 55.4 Å². The number of rotatable bonds is 10. The van der Waals surface area contributed by atoms with Gasteiger partial charge >= 0.3 is 0 Å². The zero-order valence-corrected chi connectivity index (χ0v) is 28.9. The van der Waals surface area contributed by atoms with Gasteiger partial charge in [0.2, 0.25) is 5.91 Å². The second kappa shape index (κ2) is 14.5. The van der Waals surface area contributed by atoms with Crippen molar-refractivity contribution in [1.29, 1.82) is 0 Å². The van der Waals surface area contributed by atoms with Crippen LogP contribution in [0.3, 0.4) is 0 Å². The van der Waals surface area contributed by atoms with Gasteiger partial charge in [0.25, 0.3) is 0 Å². The van der Waals surface area contributed by atoms with Crippen molar-refractivity contribution < 1.29 is 23.1 Å². The largest absolute Gasteiger partial charge is 0.494 e. The van der Waals surface area contributed by atoms with E-state index in [-0.39, 0.29) is 5.91 Å². The minimum absolute atomic E-state index is 0.316. The minimum atomic E-state index is -0.650. The van der Waals surface area contributed by atoms with Gasteiger partial charge in [-0.05, 0) is 69.4 Å². The number of piperazine rings is 1. The van der Waals surface area contributed by atoms with Crippen molar-refractivity contribution in [2.45, 2.75) is 76.2 Å². The van der Waals surface area contributed by atoms with E-state index in [2.05, 4.69) is 55.7 Å². The quantitative estimate of drug-likeness (QED) is 0.246. The zero-order chi connectivity index (χ0) is 34.9. The van der Waals surface area contributed by atoms with E-state index >= 15 is 0 Å². The molecule has 1 aromatic heterocycles. The topological polar surface area (TPSA) is 98.3 Å². The van der Waals surface area contributed by atoms with Gasteiger partial charge in [-0.25, -0.2) is 23.8 Å². The molecule has 1 saturated carbocycles. The Morgan fingerprint density at radius 1 is 0.920 bits per heavy atom. The number of hydroxylamine groups is 1. The Balaban J connectivity index is 1.09. The van der Waals surface area contributed by atoms with Crippen LogP contribution in [0.4, 0.5) is 37.5 Å². The highest BCUT2D eigenvalue weighted by Gasteiger charge is 2.40. The van der Waals surface area contributed by atoms with Gasteiger partial charge in [0, 0.05) is 75.0 Å². The molecule has 3 aliphatic heterocycles. The molecule has 3 atom stereocenters. The molecule has 50 heavy (non-hydrogen) atoms. The van der Waals surface area contributed by atoms with Crippen LogP contribution < -0.4 is 25.3 Å². The highest BCUT2D eigenvalue weighted by atomic mass is 19.1. The summed E-state index contributed by atoms with van der Waals surface area (Å²) in [7, 11) is 1.61. The zero-order valence-electron chi connectivity index (χ0n) is 28.9. The van der Waals surface area contributed by atoms with Crippen LogP contribution in [0.1, 0.15) is 57.6 Å².